The Morgan fingerprint density at radius 3 is 1.70 bits per heavy atom. The van der Waals surface area contributed by atoms with E-state index in [1.165, 1.54) is 0 Å². The minimum Gasteiger partial charge on any atom is -0.402 e. The molecule has 1 N–H and O–H groups in total. The quantitative estimate of drug-likeness (QED) is 0.624. The first-order chi connectivity index (χ1) is 4.52. The van der Waals surface area contributed by atoms with Crippen LogP contribution in [0.4, 0.5) is 0 Å². The monoisotopic (exact) mass is 274 g/mol. The lowest BCUT2D eigenvalue weighted by molar-refractivity contribution is 0.127. The largest absolute Gasteiger partial charge is 0.638 e. The van der Waals surface area contributed by atoms with Gasteiger partial charge in [0, 0.05) is 0 Å². The molecule has 60 valence electrons. The molecule has 0 saturated carbocycles. The molecule has 3 nitrogen and oxygen atoms in total. The minimum absolute atomic E-state index is 0.214. The van der Waals surface area contributed by atoms with Gasteiger partial charge in [0.2, 0.25) is 0 Å². The molecule has 0 aliphatic rings. The van der Waals surface area contributed by atoms with Crippen LogP contribution in [0, 0.1) is 0 Å². The molecule has 0 spiro atoms. The van der Waals surface area contributed by atoms with Gasteiger partial charge >= 0.3 is 7.32 Å². The number of halogens is 2. The van der Waals surface area contributed by atoms with Crippen molar-refractivity contribution in [2.45, 2.75) is 23.9 Å². The van der Waals surface area contributed by atoms with E-state index in [0.717, 1.165) is 0 Å². The third-order valence-electron chi connectivity index (χ3n) is 0.608. The summed E-state index contributed by atoms with van der Waals surface area (Å²) in [5.41, 5.74) is 0. The first-order valence-corrected chi connectivity index (χ1v) is 4.62. The Balaban J connectivity index is 3.34. The van der Waals surface area contributed by atoms with E-state index in [1.54, 1.807) is 13.8 Å². The highest BCUT2D eigenvalue weighted by Crippen LogP contribution is 2.05. The zero-order valence-electron chi connectivity index (χ0n) is 5.75. The summed E-state index contributed by atoms with van der Waals surface area (Å²) >= 11 is 6.17. The van der Waals surface area contributed by atoms with E-state index >= 15 is 0 Å². The van der Waals surface area contributed by atoms with Crippen LogP contribution in [-0.4, -0.2) is 22.4 Å². The SMILES string of the molecule is CC(Br)OB(O)OC(C)Br. The van der Waals surface area contributed by atoms with E-state index in [4.69, 9.17) is 14.3 Å². The van der Waals surface area contributed by atoms with Crippen LogP contribution in [0.3, 0.4) is 0 Å². The van der Waals surface area contributed by atoms with E-state index < -0.39 is 7.32 Å². The second kappa shape index (κ2) is 5.54. The van der Waals surface area contributed by atoms with E-state index in [-0.39, 0.29) is 10.0 Å². The molecule has 0 aliphatic heterocycles. The summed E-state index contributed by atoms with van der Waals surface area (Å²) in [4.78, 5) is 0. The fraction of sp³-hybridized carbons (Fsp3) is 1.00. The van der Waals surface area contributed by atoms with Crippen LogP contribution in [0.25, 0.3) is 0 Å². The van der Waals surface area contributed by atoms with Gasteiger partial charge in [0.05, 0.1) is 10.0 Å². The molecule has 6 heteroatoms. The lowest BCUT2D eigenvalue weighted by Gasteiger charge is -2.11. The Morgan fingerprint density at radius 2 is 1.50 bits per heavy atom. The zero-order chi connectivity index (χ0) is 8.15. The van der Waals surface area contributed by atoms with Crippen molar-refractivity contribution in [2.24, 2.45) is 0 Å². The van der Waals surface area contributed by atoms with Crippen molar-refractivity contribution in [3.8, 4) is 0 Å². The van der Waals surface area contributed by atoms with Crippen LogP contribution in [0.1, 0.15) is 13.8 Å². The van der Waals surface area contributed by atoms with Crippen molar-refractivity contribution in [2.75, 3.05) is 0 Å². The van der Waals surface area contributed by atoms with E-state index in [1.807, 2.05) is 0 Å². The molecule has 2 unspecified atom stereocenters. The van der Waals surface area contributed by atoms with Crippen LogP contribution < -0.4 is 0 Å². The van der Waals surface area contributed by atoms with Gasteiger partial charge in [0.25, 0.3) is 0 Å². The highest BCUT2D eigenvalue weighted by atomic mass is 79.9. The van der Waals surface area contributed by atoms with Gasteiger partial charge in [-0.25, -0.2) is 0 Å². The van der Waals surface area contributed by atoms with Crippen molar-refractivity contribution in [3.63, 3.8) is 0 Å². The average Bonchev–Trinajstić information content (AvgIpc) is 1.58. The lowest BCUT2D eigenvalue weighted by Crippen LogP contribution is -2.27. The van der Waals surface area contributed by atoms with Gasteiger partial charge in [-0.3, -0.25) is 0 Å². The summed E-state index contributed by atoms with van der Waals surface area (Å²) in [6.07, 6.45) is 0. The summed E-state index contributed by atoms with van der Waals surface area (Å²) < 4.78 is 9.56. The predicted octanol–water partition coefficient (Wildman–Crippen LogP) is 1.48. The van der Waals surface area contributed by atoms with E-state index in [9.17, 15) is 0 Å². The molecule has 0 bridgehead atoms. The summed E-state index contributed by atoms with van der Waals surface area (Å²) in [5, 5.41) is 8.46. The highest BCUT2D eigenvalue weighted by Gasteiger charge is 2.19. The van der Waals surface area contributed by atoms with Crippen molar-refractivity contribution in [1.29, 1.82) is 0 Å². The Morgan fingerprint density at radius 1 is 1.20 bits per heavy atom. The summed E-state index contributed by atoms with van der Waals surface area (Å²) in [7, 11) is -1.18. The number of alkyl halides is 2. The van der Waals surface area contributed by atoms with Crippen LogP contribution in [0.15, 0.2) is 0 Å². The average molecular weight is 276 g/mol. The van der Waals surface area contributed by atoms with Crippen LogP contribution in [0.5, 0.6) is 0 Å². The molecule has 0 saturated heterocycles. The molecular formula is C4H9BBr2O3. The molecule has 0 aliphatic carbocycles. The second-order valence-corrected chi connectivity index (χ2v) is 4.24. The van der Waals surface area contributed by atoms with Crippen molar-refractivity contribution >= 4 is 39.2 Å². The first-order valence-electron chi connectivity index (χ1n) is 2.79. The van der Waals surface area contributed by atoms with Gasteiger partial charge < -0.3 is 14.3 Å². The van der Waals surface area contributed by atoms with Gasteiger partial charge in [-0.1, -0.05) is 31.9 Å². The standard InChI is InChI=1S/C4H9BBr2O3/c1-3(6)9-5(8)10-4(2)7/h3-4,8H,1-2H3. The Hall–Kier alpha value is 0.905. The normalized spacial score (nSPS) is 16.5. The number of hydrogen-bond acceptors (Lipinski definition) is 3. The third-order valence-corrected chi connectivity index (χ3v) is 1.04. The topological polar surface area (TPSA) is 38.7 Å². The van der Waals surface area contributed by atoms with E-state index in [2.05, 4.69) is 31.9 Å². The second-order valence-electron chi connectivity index (χ2n) is 1.67. The molecule has 0 rings (SSSR count). The molecule has 0 amide bonds. The van der Waals surface area contributed by atoms with Gasteiger partial charge in [-0.05, 0) is 13.8 Å². The summed E-state index contributed by atoms with van der Waals surface area (Å²) in [6.45, 7) is 3.48. The van der Waals surface area contributed by atoms with E-state index in [0.29, 0.717) is 0 Å². The van der Waals surface area contributed by atoms with Gasteiger partial charge in [-0.15, -0.1) is 0 Å². The van der Waals surface area contributed by atoms with Crippen LogP contribution in [-0.2, 0) is 9.31 Å². The maximum atomic E-state index is 8.89. The minimum atomic E-state index is -1.18. The number of rotatable bonds is 4. The molecule has 0 fully saturated rings. The first kappa shape index (κ1) is 10.9. The molecule has 0 heterocycles. The summed E-state index contributed by atoms with van der Waals surface area (Å²) in [6, 6.07) is 0. The maximum Gasteiger partial charge on any atom is 0.638 e. The molecule has 10 heavy (non-hydrogen) atoms. The van der Waals surface area contributed by atoms with Gasteiger partial charge in [0.1, 0.15) is 0 Å². The Kier molecular flexibility index (Phi) is 6.04. The number of hydrogen-bond donors (Lipinski definition) is 1. The fourth-order valence-electron chi connectivity index (χ4n) is 0.353. The molecule has 2 atom stereocenters. The van der Waals surface area contributed by atoms with Crippen LogP contribution in [0.2, 0.25) is 0 Å². The Bertz CT molecular complexity index is 80.6. The smallest absolute Gasteiger partial charge is 0.402 e. The highest BCUT2D eigenvalue weighted by molar-refractivity contribution is 9.09. The molecule has 0 aromatic rings. The van der Waals surface area contributed by atoms with Crippen molar-refractivity contribution in [1.82, 2.24) is 0 Å². The molecule has 0 aromatic carbocycles. The molecule has 0 radical (unpaired) electrons. The summed E-state index contributed by atoms with van der Waals surface area (Å²) in [5.74, 6) is 0. The van der Waals surface area contributed by atoms with Gasteiger partial charge in [-0.2, -0.15) is 0 Å². The molecular weight excluding hydrogens is 267 g/mol. The maximum absolute atomic E-state index is 8.89. The van der Waals surface area contributed by atoms with Crippen molar-refractivity contribution < 1.29 is 14.3 Å². The third kappa shape index (κ3) is 7.02. The predicted molar refractivity (Wildman–Crippen MR) is 46.9 cm³/mol. The fourth-order valence-corrected chi connectivity index (χ4v) is 0.722. The molecule has 0 aromatic heterocycles. The van der Waals surface area contributed by atoms with Crippen LogP contribution >= 0.6 is 31.9 Å². The lowest BCUT2D eigenvalue weighted by atomic mass is 10.2. The van der Waals surface area contributed by atoms with Crippen molar-refractivity contribution in [3.05, 3.63) is 0 Å². The van der Waals surface area contributed by atoms with Gasteiger partial charge in [0.15, 0.2) is 0 Å². The Labute approximate surface area is 77.5 Å². The zero-order valence-corrected chi connectivity index (χ0v) is 8.92.